The van der Waals surface area contributed by atoms with Crippen LogP contribution in [0.25, 0.3) is 0 Å². The number of aldehydes is 2. The number of benzene rings is 2. The number of aliphatic hydroxyl groups is 1. The lowest BCUT2D eigenvalue weighted by Gasteiger charge is -2.55. The summed E-state index contributed by atoms with van der Waals surface area (Å²) in [5, 5.41) is 11.9. The zero-order valence-corrected chi connectivity index (χ0v) is 20.9. The molecule has 5 nitrogen and oxygen atoms in total. The lowest BCUT2D eigenvalue weighted by atomic mass is 9.49. The molecule has 0 aromatic heterocycles. The predicted octanol–water partition coefficient (Wildman–Crippen LogP) is 4.75. The van der Waals surface area contributed by atoms with Gasteiger partial charge in [0.15, 0.2) is 0 Å². The minimum atomic E-state index is -1.14. The summed E-state index contributed by atoms with van der Waals surface area (Å²) in [6.07, 6.45) is 2.68. The molecule has 0 spiro atoms. The first-order valence-corrected chi connectivity index (χ1v) is 12.8. The molecule has 7 atom stereocenters. The van der Waals surface area contributed by atoms with Gasteiger partial charge in [0.05, 0.1) is 24.0 Å². The SMILES string of the molecule is CCOC(=O)[C@H]1C[C@](C=O)(Cc2ccccc2)[C@H](O)[C@H]2[C@H]1CC[C@@H](C=O)[C@@H]2c1ccc(Br)cc1. The first-order valence-electron chi connectivity index (χ1n) is 12.0. The fraction of sp³-hybridized carbons (Fsp3) is 0.464. The van der Waals surface area contributed by atoms with Gasteiger partial charge >= 0.3 is 5.97 Å². The molecule has 0 saturated heterocycles. The van der Waals surface area contributed by atoms with E-state index in [0.29, 0.717) is 19.3 Å². The topological polar surface area (TPSA) is 80.7 Å². The molecule has 180 valence electrons. The van der Waals surface area contributed by atoms with E-state index in [-0.39, 0.29) is 36.8 Å². The highest BCUT2D eigenvalue weighted by Gasteiger charge is 2.59. The lowest BCUT2D eigenvalue weighted by molar-refractivity contribution is -0.172. The molecule has 0 aliphatic heterocycles. The van der Waals surface area contributed by atoms with E-state index in [4.69, 9.17) is 4.74 Å². The molecular formula is C28H31BrO5. The van der Waals surface area contributed by atoms with Gasteiger partial charge in [-0.3, -0.25) is 4.79 Å². The van der Waals surface area contributed by atoms with Crippen LogP contribution < -0.4 is 0 Å². The van der Waals surface area contributed by atoms with E-state index in [1.807, 2.05) is 54.6 Å². The zero-order chi connectivity index (χ0) is 24.3. The largest absolute Gasteiger partial charge is 0.466 e. The van der Waals surface area contributed by atoms with Gasteiger partial charge in [0.25, 0.3) is 0 Å². The van der Waals surface area contributed by atoms with Crippen LogP contribution in [0, 0.1) is 29.1 Å². The van der Waals surface area contributed by atoms with Gasteiger partial charge in [-0.2, -0.15) is 0 Å². The maximum absolute atomic E-state index is 13.2. The van der Waals surface area contributed by atoms with Crippen LogP contribution >= 0.6 is 15.9 Å². The van der Waals surface area contributed by atoms with E-state index in [0.717, 1.165) is 28.2 Å². The Hall–Kier alpha value is -2.31. The van der Waals surface area contributed by atoms with Crippen molar-refractivity contribution in [3.8, 4) is 0 Å². The third-order valence-electron chi connectivity index (χ3n) is 7.90. The summed E-state index contributed by atoms with van der Waals surface area (Å²) in [7, 11) is 0. The van der Waals surface area contributed by atoms with E-state index in [1.54, 1.807) is 6.92 Å². The van der Waals surface area contributed by atoms with Gasteiger partial charge < -0.3 is 19.4 Å². The van der Waals surface area contributed by atoms with Crippen molar-refractivity contribution in [3.63, 3.8) is 0 Å². The number of carbonyl (C=O) groups excluding carboxylic acids is 3. The van der Waals surface area contributed by atoms with Crippen LogP contribution in [0.5, 0.6) is 0 Å². The van der Waals surface area contributed by atoms with E-state index in [2.05, 4.69) is 15.9 Å². The molecule has 0 heterocycles. The molecule has 2 aliphatic carbocycles. The fourth-order valence-electron chi connectivity index (χ4n) is 6.40. The molecule has 0 unspecified atom stereocenters. The molecule has 0 amide bonds. The second-order valence-electron chi connectivity index (χ2n) is 9.72. The smallest absolute Gasteiger partial charge is 0.309 e. The molecule has 34 heavy (non-hydrogen) atoms. The van der Waals surface area contributed by atoms with Gasteiger partial charge in [0.1, 0.15) is 12.6 Å². The molecule has 0 bridgehead atoms. The first-order chi connectivity index (χ1) is 16.4. The van der Waals surface area contributed by atoms with E-state index in [9.17, 15) is 19.5 Å². The number of hydrogen-bond donors (Lipinski definition) is 1. The zero-order valence-electron chi connectivity index (χ0n) is 19.3. The summed E-state index contributed by atoms with van der Waals surface area (Å²) in [5.74, 6) is -1.98. The van der Waals surface area contributed by atoms with Gasteiger partial charge in [0, 0.05) is 10.4 Å². The Labute approximate surface area is 209 Å². The highest BCUT2D eigenvalue weighted by atomic mass is 79.9. The molecule has 2 aromatic carbocycles. The Kier molecular flexibility index (Phi) is 7.68. The number of hydrogen-bond acceptors (Lipinski definition) is 5. The molecular weight excluding hydrogens is 496 g/mol. The minimum Gasteiger partial charge on any atom is -0.466 e. The van der Waals surface area contributed by atoms with Crippen molar-refractivity contribution < 1.29 is 24.2 Å². The highest BCUT2D eigenvalue weighted by Crippen LogP contribution is 2.57. The van der Waals surface area contributed by atoms with Crippen molar-refractivity contribution in [2.24, 2.45) is 29.1 Å². The van der Waals surface area contributed by atoms with Gasteiger partial charge in [-0.25, -0.2) is 0 Å². The van der Waals surface area contributed by atoms with Crippen molar-refractivity contribution in [1.82, 2.24) is 0 Å². The molecule has 6 heteroatoms. The molecule has 2 saturated carbocycles. The molecule has 2 fully saturated rings. The quantitative estimate of drug-likeness (QED) is 0.416. The summed E-state index contributed by atoms with van der Waals surface area (Å²) in [4.78, 5) is 38.1. The van der Waals surface area contributed by atoms with Gasteiger partial charge in [-0.1, -0.05) is 58.4 Å². The van der Waals surface area contributed by atoms with Gasteiger partial charge in [-0.15, -0.1) is 0 Å². The average Bonchev–Trinajstić information content (AvgIpc) is 2.86. The second-order valence-corrected chi connectivity index (χ2v) is 10.6. The van der Waals surface area contributed by atoms with Crippen LogP contribution in [-0.4, -0.2) is 36.4 Å². The summed E-state index contributed by atoms with van der Waals surface area (Å²) in [6, 6.07) is 17.4. The van der Waals surface area contributed by atoms with Crippen molar-refractivity contribution in [1.29, 1.82) is 0 Å². The molecule has 2 aromatic rings. The standard InChI is InChI=1S/C28H31BrO5/c1-2-34-27(33)23-15-28(17-31,14-18-6-4-3-5-7-18)26(32)25-22(23)13-10-20(16-30)24(25)19-8-11-21(29)12-9-19/h3-9,11-12,16-17,20,22-26,32H,2,10,13-15H2,1H3/t20-,22-,23-,24-,25-,26+,28-/m0/s1. The van der Waals surface area contributed by atoms with Crippen molar-refractivity contribution >= 4 is 34.5 Å². The van der Waals surface area contributed by atoms with Gasteiger partial charge in [0.2, 0.25) is 0 Å². The average molecular weight is 527 g/mol. The van der Waals surface area contributed by atoms with Crippen molar-refractivity contribution in [3.05, 3.63) is 70.2 Å². The van der Waals surface area contributed by atoms with Crippen LogP contribution in [0.15, 0.2) is 59.1 Å². The predicted molar refractivity (Wildman–Crippen MR) is 132 cm³/mol. The van der Waals surface area contributed by atoms with Crippen molar-refractivity contribution in [2.45, 2.75) is 44.6 Å². The van der Waals surface area contributed by atoms with E-state index >= 15 is 0 Å². The fourth-order valence-corrected chi connectivity index (χ4v) is 6.66. The van der Waals surface area contributed by atoms with Crippen molar-refractivity contribution in [2.75, 3.05) is 6.61 Å². The Balaban J connectivity index is 1.82. The van der Waals surface area contributed by atoms with Crippen LogP contribution in [0.4, 0.5) is 0 Å². The Morgan fingerprint density at radius 3 is 2.44 bits per heavy atom. The maximum Gasteiger partial charge on any atom is 0.309 e. The number of esters is 1. The maximum atomic E-state index is 13.2. The van der Waals surface area contributed by atoms with E-state index < -0.39 is 23.4 Å². The summed E-state index contributed by atoms with van der Waals surface area (Å²) in [5.41, 5.74) is 0.730. The Morgan fingerprint density at radius 1 is 1.12 bits per heavy atom. The molecule has 2 aliphatic rings. The lowest BCUT2D eigenvalue weighted by Crippen LogP contribution is -2.58. The van der Waals surface area contributed by atoms with Crippen LogP contribution in [0.2, 0.25) is 0 Å². The van der Waals surface area contributed by atoms with Gasteiger partial charge in [-0.05, 0) is 73.6 Å². The number of halogens is 1. The third-order valence-corrected chi connectivity index (χ3v) is 8.43. The Bertz CT molecular complexity index is 1010. The second kappa shape index (κ2) is 10.5. The number of aliphatic hydroxyl groups excluding tert-OH is 1. The van der Waals surface area contributed by atoms with E-state index in [1.165, 1.54) is 0 Å². The van der Waals surface area contributed by atoms with Crippen LogP contribution in [0.3, 0.4) is 0 Å². The van der Waals surface area contributed by atoms with Crippen LogP contribution in [-0.2, 0) is 25.5 Å². The molecule has 4 rings (SSSR count). The number of rotatable bonds is 7. The molecule has 0 radical (unpaired) electrons. The Morgan fingerprint density at radius 2 is 1.82 bits per heavy atom. The summed E-state index contributed by atoms with van der Waals surface area (Å²) in [6.45, 7) is 2.03. The number of fused-ring (bicyclic) bond motifs is 1. The molecule has 1 N–H and O–H groups in total. The van der Waals surface area contributed by atoms with Crippen LogP contribution in [0.1, 0.15) is 43.2 Å². The minimum absolute atomic E-state index is 0.164. The number of carbonyl (C=O) groups is 3. The number of ether oxygens (including phenoxy) is 1. The normalized spacial score (nSPS) is 32.9. The summed E-state index contributed by atoms with van der Waals surface area (Å²) < 4.78 is 6.37. The first kappa shape index (κ1) is 24.8. The highest BCUT2D eigenvalue weighted by molar-refractivity contribution is 9.10. The summed E-state index contributed by atoms with van der Waals surface area (Å²) >= 11 is 3.47. The monoisotopic (exact) mass is 526 g/mol. The third kappa shape index (κ3) is 4.63.